The van der Waals surface area contributed by atoms with Gasteiger partial charge in [-0.3, -0.25) is 0 Å². The van der Waals surface area contributed by atoms with E-state index in [9.17, 15) is 0 Å². The Morgan fingerprint density at radius 3 is 2.88 bits per heavy atom. The van der Waals surface area contributed by atoms with Crippen LogP contribution in [0.25, 0.3) is 11.1 Å². The molecule has 0 aliphatic carbocycles. The van der Waals surface area contributed by atoms with Gasteiger partial charge in [-0.05, 0) is 50.4 Å². The summed E-state index contributed by atoms with van der Waals surface area (Å²) in [5.74, 6) is 1.73. The van der Waals surface area contributed by atoms with Crippen LogP contribution in [0.1, 0.15) is 25.2 Å². The molecule has 1 aromatic carbocycles. The highest BCUT2D eigenvalue weighted by atomic mass is 16.3. The molecule has 90 valence electrons. The van der Waals surface area contributed by atoms with Gasteiger partial charge in [0.1, 0.15) is 5.52 Å². The van der Waals surface area contributed by atoms with Crippen LogP contribution in [-0.2, 0) is 6.42 Å². The van der Waals surface area contributed by atoms with Crippen molar-refractivity contribution in [3.8, 4) is 0 Å². The third-order valence-corrected chi connectivity index (χ3v) is 3.56. The number of fused-ring (bicyclic) bond motifs is 1. The standard InChI is InChI=1S/C14H18N2O/c1-2-4-13-12(3-1)16-14(17-13)6-5-11-7-9-15-10-8-11/h1-4,11,15H,5-10H2. The maximum absolute atomic E-state index is 5.73. The first-order valence-electron chi connectivity index (χ1n) is 6.47. The van der Waals surface area contributed by atoms with Gasteiger partial charge >= 0.3 is 0 Å². The van der Waals surface area contributed by atoms with E-state index < -0.39 is 0 Å². The summed E-state index contributed by atoms with van der Waals surface area (Å²) in [5.41, 5.74) is 1.89. The minimum atomic E-state index is 0.839. The molecule has 2 aromatic rings. The van der Waals surface area contributed by atoms with Gasteiger partial charge < -0.3 is 9.73 Å². The molecule has 0 bridgehead atoms. The molecule has 0 radical (unpaired) electrons. The fraction of sp³-hybridized carbons (Fsp3) is 0.500. The molecule has 0 amide bonds. The molecule has 0 saturated carbocycles. The number of rotatable bonds is 3. The van der Waals surface area contributed by atoms with E-state index in [-0.39, 0.29) is 0 Å². The van der Waals surface area contributed by atoms with Gasteiger partial charge in [-0.15, -0.1) is 0 Å². The number of nitrogens with zero attached hydrogens (tertiary/aromatic N) is 1. The van der Waals surface area contributed by atoms with Crippen LogP contribution in [-0.4, -0.2) is 18.1 Å². The summed E-state index contributed by atoms with van der Waals surface area (Å²) in [7, 11) is 0. The number of nitrogens with one attached hydrogen (secondary N) is 1. The number of oxazole rings is 1. The summed E-state index contributed by atoms with van der Waals surface area (Å²) < 4.78 is 5.73. The van der Waals surface area contributed by atoms with Crippen molar-refractivity contribution in [1.29, 1.82) is 0 Å². The third-order valence-electron chi connectivity index (χ3n) is 3.56. The maximum Gasteiger partial charge on any atom is 0.195 e. The molecule has 3 nitrogen and oxygen atoms in total. The van der Waals surface area contributed by atoms with E-state index >= 15 is 0 Å². The van der Waals surface area contributed by atoms with Crippen molar-refractivity contribution in [3.05, 3.63) is 30.2 Å². The number of hydrogen-bond acceptors (Lipinski definition) is 3. The number of hydrogen-bond donors (Lipinski definition) is 1. The topological polar surface area (TPSA) is 38.1 Å². The predicted molar refractivity (Wildman–Crippen MR) is 67.9 cm³/mol. The van der Waals surface area contributed by atoms with E-state index in [1.807, 2.05) is 24.3 Å². The van der Waals surface area contributed by atoms with E-state index in [4.69, 9.17) is 4.42 Å². The number of piperidine rings is 1. The zero-order valence-electron chi connectivity index (χ0n) is 9.98. The first-order chi connectivity index (χ1) is 8.42. The number of aromatic nitrogens is 1. The van der Waals surface area contributed by atoms with Crippen molar-refractivity contribution in [2.75, 3.05) is 13.1 Å². The van der Waals surface area contributed by atoms with Crippen LogP contribution in [0.4, 0.5) is 0 Å². The van der Waals surface area contributed by atoms with Crippen molar-refractivity contribution in [2.45, 2.75) is 25.7 Å². The van der Waals surface area contributed by atoms with Gasteiger partial charge in [-0.25, -0.2) is 4.98 Å². The highest BCUT2D eigenvalue weighted by molar-refractivity contribution is 5.72. The minimum absolute atomic E-state index is 0.839. The molecular formula is C14H18N2O. The second-order valence-corrected chi connectivity index (χ2v) is 4.81. The number of benzene rings is 1. The van der Waals surface area contributed by atoms with Gasteiger partial charge in [0.05, 0.1) is 0 Å². The molecule has 3 heteroatoms. The summed E-state index contributed by atoms with van der Waals surface area (Å²) in [5, 5.41) is 3.40. The zero-order valence-corrected chi connectivity index (χ0v) is 9.98. The van der Waals surface area contributed by atoms with Crippen LogP contribution in [0.15, 0.2) is 28.7 Å². The second-order valence-electron chi connectivity index (χ2n) is 4.81. The van der Waals surface area contributed by atoms with Crippen LogP contribution < -0.4 is 5.32 Å². The van der Waals surface area contributed by atoms with Gasteiger partial charge in [-0.2, -0.15) is 0 Å². The molecule has 3 rings (SSSR count). The molecule has 0 spiro atoms. The van der Waals surface area contributed by atoms with Crippen molar-refractivity contribution in [3.63, 3.8) is 0 Å². The highest BCUT2D eigenvalue weighted by Crippen LogP contribution is 2.21. The average Bonchev–Trinajstić information content (AvgIpc) is 2.80. The minimum Gasteiger partial charge on any atom is -0.441 e. The second kappa shape index (κ2) is 4.88. The quantitative estimate of drug-likeness (QED) is 0.881. The molecule has 0 atom stereocenters. The molecule has 17 heavy (non-hydrogen) atoms. The summed E-state index contributed by atoms with van der Waals surface area (Å²) in [6, 6.07) is 7.98. The van der Waals surface area contributed by atoms with Gasteiger partial charge in [0.2, 0.25) is 0 Å². The fourth-order valence-electron chi connectivity index (χ4n) is 2.52. The fourth-order valence-corrected chi connectivity index (χ4v) is 2.52. The predicted octanol–water partition coefficient (Wildman–Crippen LogP) is 2.76. The largest absolute Gasteiger partial charge is 0.441 e. The lowest BCUT2D eigenvalue weighted by molar-refractivity contribution is 0.343. The van der Waals surface area contributed by atoms with Crippen molar-refractivity contribution in [1.82, 2.24) is 10.3 Å². The number of para-hydroxylation sites is 2. The van der Waals surface area contributed by atoms with Crippen molar-refractivity contribution >= 4 is 11.1 Å². The Morgan fingerprint density at radius 1 is 1.24 bits per heavy atom. The Hall–Kier alpha value is -1.35. The summed E-state index contributed by atoms with van der Waals surface area (Å²) in [6.45, 7) is 2.33. The molecular weight excluding hydrogens is 212 g/mol. The van der Waals surface area contributed by atoms with Gasteiger partial charge in [-0.1, -0.05) is 12.1 Å². The van der Waals surface area contributed by atoms with Crippen molar-refractivity contribution < 1.29 is 4.42 Å². The number of aryl methyl sites for hydroxylation is 1. The monoisotopic (exact) mass is 230 g/mol. The van der Waals surface area contributed by atoms with Gasteiger partial charge in [0.25, 0.3) is 0 Å². The smallest absolute Gasteiger partial charge is 0.195 e. The molecule has 2 heterocycles. The third kappa shape index (κ3) is 2.50. The summed E-state index contributed by atoms with van der Waals surface area (Å²) in [4.78, 5) is 4.51. The maximum atomic E-state index is 5.73. The lowest BCUT2D eigenvalue weighted by atomic mass is 9.93. The molecule has 1 fully saturated rings. The normalized spacial score (nSPS) is 17.6. The lowest BCUT2D eigenvalue weighted by Gasteiger charge is -2.21. The summed E-state index contributed by atoms with van der Waals surface area (Å²) >= 11 is 0. The van der Waals surface area contributed by atoms with E-state index in [1.165, 1.54) is 19.3 Å². The van der Waals surface area contributed by atoms with Crippen LogP contribution in [0, 0.1) is 5.92 Å². The Bertz CT molecular complexity index is 453. The Kier molecular flexibility index (Phi) is 3.10. The summed E-state index contributed by atoms with van der Waals surface area (Å²) in [6.07, 6.45) is 4.76. The average molecular weight is 230 g/mol. The zero-order chi connectivity index (χ0) is 11.5. The van der Waals surface area contributed by atoms with E-state index in [2.05, 4.69) is 10.3 Å². The molecule has 1 saturated heterocycles. The lowest BCUT2D eigenvalue weighted by Crippen LogP contribution is -2.27. The molecule has 1 aliphatic rings. The molecule has 1 N–H and O–H groups in total. The van der Waals surface area contributed by atoms with E-state index in [0.29, 0.717) is 0 Å². The van der Waals surface area contributed by atoms with Crippen LogP contribution in [0.3, 0.4) is 0 Å². The first kappa shape index (κ1) is 10.8. The Morgan fingerprint density at radius 2 is 2.06 bits per heavy atom. The highest BCUT2D eigenvalue weighted by Gasteiger charge is 2.14. The van der Waals surface area contributed by atoms with Gasteiger partial charge in [0, 0.05) is 6.42 Å². The Labute approximate surface area is 101 Å². The SMILES string of the molecule is c1ccc2oc(CCC3CCNCC3)nc2c1. The Balaban J connectivity index is 1.64. The van der Waals surface area contributed by atoms with E-state index in [1.54, 1.807) is 0 Å². The van der Waals surface area contributed by atoms with Crippen LogP contribution in [0.5, 0.6) is 0 Å². The van der Waals surface area contributed by atoms with Crippen molar-refractivity contribution in [2.24, 2.45) is 5.92 Å². The first-order valence-corrected chi connectivity index (χ1v) is 6.47. The van der Waals surface area contributed by atoms with Crippen LogP contribution >= 0.6 is 0 Å². The molecule has 0 unspecified atom stereocenters. The van der Waals surface area contributed by atoms with Gasteiger partial charge in [0.15, 0.2) is 11.5 Å². The van der Waals surface area contributed by atoms with Crippen LogP contribution in [0.2, 0.25) is 0 Å². The molecule has 1 aliphatic heterocycles. The molecule has 1 aromatic heterocycles. The van der Waals surface area contributed by atoms with E-state index in [0.717, 1.165) is 42.4 Å².